The maximum atomic E-state index is 11.3. The van der Waals surface area contributed by atoms with Gasteiger partial charge in [-0.2, -0.15) is 0 Å². The lowest BCUT2D eigenvalue weighted by Crippen LogP contribution is -2.45. The third kappa shape index (κ3) is 4.47. The molecule has 94 valence electrons. The first-order chi connectivity index (χ1) is 7.93. The number of benzene rings is 1. The highest BCUT2D eigenvalue weighted by atomic mass is 16.5. The number of rotatable bonds is 3. The second-order valence-electron chi connectivity index (χ2n) is 5.24. The number of ether oxygens (including phenoxy) is 1. The molecule has 0 aromatic heterocycles. The molecule has 0 saturated carbocycles. The van der Waals surface area contributed by atoms with Gasteiger partial charge >= 0.3 is 6.09 Å². The van der Waals surface area contributed by atoms with Crippen LogP contribution in [0.3, 0.4) is 0 Å². The third-order valence-electron chi connectivity index (χ3n) is 2.81. The lowest BCUT2D eigenvalue weighted by molar-refractivity contribution is 0.153. The number of alkyl carbamates (subject to hydrolysis) is 1. The van der Waals surface area contributed by atoms with Crippen molar-refractivity contribution in [2.75, 3.05) is 7.11 Å². The molecule has 17 heavy (non-hydrogen) atoms. The van der Waals surface area contributed by atoms with Crippen molar-refractivity contribution in [3.8, 4) is 0 Å². The SMILES string of the molecule is COC(=O)N[C@H](Cc1ccccc1)C(C)(C)C. The molecule has 0 bridgehead atoms. The van der Waals surface area contributed by atoms with Crippen LogP contribution in [0.4, 0.5) is 4.79 Å². The first-order valence-electron chi connectivity index (χ1n) is 5.82. The van der Waals surface area contributed by atoms with Crippen molar-refractivity contribution >= 4 is 6.09 Å². The van der Waals surface area contributed by atoms with Crippen LogP contribution >= 0.6 is 0 Å². The summed E-state index contributed by atoms with van der Waals surface area (Å²) in [4.78, 5) is 11.3. The van der Waals surface area contributed by atoms with Crippen LogP contribution in [0.1, 0.15) is 26.3 Å². The molecule has 1 atom stereocenters. The highest BCUT2D eigenvalue weighted by Crippen LogP contribution is 2.22. The van der Waals surface area contributed by atoms with Gasteiger partial charge in [-0.15, -0.1) is 0 Å². The molecule has 0 aliphatic carbocycles. The van der Waals surface area contributed by atoms with E-state index in [4.69, 9.17) is 0 Å². The highest BCUT2D eigenvalue weighted by Gasteiger charge is 2.26. The maximum absolute atomic E-state index is 11.3. The summed E-state index contributed by atoms with van der Waals surface area (Å²) < 4.78 is 4.66. The molecule has 0 saturated heterocycles. The van der Waals surface area contributed by atoms with Crippen molar-refractivity contribution in [2.24, 2.45) is 5.41 Å². The Morgan fingerprint density at radius 1 is 1.29 bits per heavy atom. The Labute approximate surface area is 103 Å². The molecule has 1 rings (SSSR count). The Morgan fingerprint density at radius 3 is 2.35 bits per heavy atom. The Bertz CT molecular complexity index is 354. The molecular formula is C14H21NO2. The predicted octanol–water partition coefficient (Wildman–Crippen LogP) is 3.00. The molecule has 0 spiro atoms. The molecule has 0 aliphatic rings. The Morgan fingerprint density at radius 2 is 1.88 bits per heavy atom. The van der Waals surface area contributed by atoms with Crippen LogP contribution in [-0.2, 0) is 11.2 Å². The summed E-state index contributed by atoms with van der Waals surface area (Å²) in [5, 5.41) is 2.89. The van der Waals surface area contributed by atoms with Crippen LogP contribution < -0.4 is 5.32 Å². The minimum absolute atomic E-state index is 0.00989. The number of methoxy groups -OCH3 is 1. The van der Waals surface area contributed by atoms with Crippen molar-refractivity contribution in [1.82, 2.24) is 5.32 Å². The molecule has 0 heterocycles. The summed E-state index contributed by atoms with van der Waals surface area (Å²) in [6.07, 6.45) is 0.431. The van der Waals surface area contributed by atoms with E-state index in [1.807, 2.05) is 18.2 Å². The Hall–Kier alpha value is -1.51. The largest absolute Gasteiger partial charge is 0.453 e. The molecule has 0 unspecified atom stereocenters. The summed E-state index contributed by atoms with van der Waals surface area (Å²) in [5.41, 5.74) is 1.20. The fourth-order valence-electron chi connectivity index (χ4n) is 1.62. The number of hydrogen-bond donors (Lipinski definition) is 1. The fourth-order valence-corrected chi connectivity index (χ4v) is 1.62. The predicted molar refractivity (Wildman–Crippen MR) is 68.9 cm³/mol. The second kappa shape index (κ2) is 5.71. The van der Waals surface area contributed by atoms with Crippen LogP contribution in [-0.4, -0.2) is 19.2 Å². The van der Waals surface area contributed by atoms with Gasteiger partial charge < -0.3 is 10.1 Å². The van der Waals surface area contributed by atoms with Crippen LogP contribution in [0.25, 0.3) is 0 Å². The average Bonchev–Trinajstić information content (AvgIpc) is 2.28. The topological polar surface area (TPSA) is 38.3 Å². The molecule has 3 heteroatoms. The van der Waals surface area contributed by atoms with E-state index in [1.54, 1.807) is 0 Å². The van der Waals surface area contributed by atoms with E-state index in [-0.39, 0.29) is 17.6 Å². The number of amides is 1. The first kappa shape index (κ1) is 13.6. The van der Waals surface area contributed by atoms with Gasteiger partial charge in [0.25, 0.3) is 0 Å². The molecule has 1 aromatic rings. The van der Waals surface area contributed by atoms with E-state index >= 15 is 0 Å². The normalized spacial score (nSPS) is 12.9. The lowest BCUT2D eigenvalue weighted by Gasteiger charge is -2.31. The smallest absolute Gasteiger partial charge is 0.407 e. The highest BCUT2D eigenvalue weighted by molar-refractivity contribution is 5.67. The van der Waals surface area contributed by atoms with Gasteiger partial charge in [-0.05, 0) is 17.4 Å². The Kier molecular flexibility index (Phi) is 4.55. The van der Waals surface area contributed by atoms with E-state index in [9.17, 15) is 4.79 Å². The monoisotopic (exact) mass is 235 g/mol. The minimum Gasteiger partial charge on any atom is -0.453 e. The summed E-state index contributed by atoms with van der Waals surface area (Å²) in [7, 11) is 1.39. The van der Waals surface area contributed by atoms with Crippen molar-refractivity contribution in [3.05, 3.63) is 35.9 Å². The van der Waals surface area contributed by atoms with Gasteiger partial charge in [-0.3, -0.25) is 0 Å². The summed E-state index contributed by atoms with van der Waals surface area (Å²) in [6.45, 7) is 6.32. The number of carbonyl (C=O) groups excluding carboxylic acids is 1. The van der Waals surface area contributed by atoms with Gasteiger partial charge in [0.15, 0.2) is 0 Å². The maximum Gasteiger partial charge on any atom is 0.407 e. The zero-order chi connectivity index (χ0) is 12.9. The molecular weight excluding hydrogens is 214 g/mol. The fraction of sp³-hybridized carbons (Fsp3) is 0.500. The van der Waals surface area contributed by atoms with Gasteiger partial charge in [-0.1, -0.05) is 51.1 Å². The van der Waals surface area contributed by atoms with Crippen molar-refractivity contribution in [3.63, 3.8) is 0 Å². The van der Waals surface area contributed by atoms with Gasteiger partial charge in [0, 0.05) is 6.04 Å². The lowest BCUT2D eigenvalue weighted by atomic mass is 9.83. The molecule has 3 nitrogen and oxygen atoms in total. The van der Waals surface area contributed by atoms with E-state index < -0.39 is 0 Å². The van der Waals surface area contributed by atoms with Gasteiger partial charge in [0.05, 0.1) is 7.11 Å². The summed E-state index contributed by atoms with van der Waals surface area (Å²) in [6, 6.07) is 10.2. The third-order valence-corrected chi connectivity index (χ3v) is 2.81. The molecule has 0 fully saturated rings. The quantitative estimate of drug-likeness (QED) is 0.874. The molecule has 1 amide bonds. The zero-order valence-corrected chi connectivity index (χ0v) is 11.0. The van der Waals surface area contributed by atoms with Crippen LogP contribution in [0, 0.1) is 5.41 Å². The minimum atomic E-state index is -0.374. The van der Waals surface area contributed by atoms with E-state index in [2.05, 4.69) is 43.0 Å². The van der Waals surface area contributed by atoms with Gasteiger partial charge in [-0.25, -0.2) is 4.79 Å². The molecule has 0 radical (unpaired) electrons. The van der Waals surface area contributed by atoms with Gasteiger partial charge in [0.1, 0.15) is 0 Å². The van der Waals surface area contributed by atoms with Crippen molar-refractivity contribution in [1.29, 1.82) is 0 Å². The standard InChI is InChI=1S/C14H21NO2/c1-14(2,3)12(15-13(16)17-4)10-11-8-6-5-7-9-11/h5-9,12H,10H2,1-4H3,(H,15,16)/t12-/m1/s1. The molecule has 1 aromatic carbocycles. The number of nitrogens with one attached hydrogen (secondary N) is 1. The zero-order valence-electron chi connectivity index (χ0n) is 11.0. The summed E-state index contributed by atoms with van der Waals surface area (Å²) in [5.74, 6) is 0. The van der Waals surface area contributed by atoms with Crippen LogP contribution in [0.2, 0.25) is 0 Å². The van der Waals surface area contributed by atoms with Crippen LogP contribution in [0.5, 0.6) is 0 Å². The van der Waals surface area contributed by atoms with Crippen LogP contribution in [0.15, 0.2) is 30.3 Å². The number of carbonyl (C=O) groups is 1. The second-order valence-corrected chi connectivity index (χ2v) is 5.24. The first-order valence-corrected chi connectivity index (χ1v) is 5.82. The van der Waals surface area contributed by atoms with Crippen molar-refractivity contribution in [2.45, 2.75) is 33.2 Å². The van der Waals surface area contributed by atoms with E-state index in [1.165, 1.54) is 12.7 Å². The van der Waals surface area contributed by atoms with E-state index in [0.29, 0.717) is 0 Å². The molecule has 1 N–H and O–H groups in total. The van der Waals surface area contributed by atoms with Gasteiger partial charge in [0.2, 0.25) is 0 Å². The average molecular weight is 235 g/mol. The summed E-state index contributed by atoms with van der Waals surface area (Å²) >= 11 is 0. The Balaban J connectivity index is 2.75. The number of hydrogen-bond acceptors (Lipinski definition) is 2. The molecule has 0 aliphatic heterocycles. The van der Waals surface area contributed by atoms with Crippen molar-refractivity contribution < 1.29 is 9.53 Å². The van der Waals surface area contributed by atoms with E-state index in [0.717, 1.165) is 6.42 Å².